The van der Waals surface area contributed by atoms with Crippen LogP contribution in [0.2, 0.25) is 0 Å². The minimum absolute atomic E-state index is 0.865. The van der Waals surface area contributed by atoms with E-state index in [1.807, 2.05) is 13.0 Å². The van der Waals surface area contributed by atoms with Gasteiger partial charge < -0.3 is 9.13 Å². The van der Waals surface area contributed by atoms with Crippen LogP contribution in [-0.4, -0.2) is 19.8 Å². The fraction of sp³-hybridized carbons (Fsp3) is 0.0566. The van der Waals surface area contributed by atoms with E-state index in [0.717, 1.165) is 85.8 Å². The standard InChI is InChI=1S/C53H40N4/c1-3-17-39(47-28-15-26-45(54-47)37-18-6-4-7-19-37)34-36(2)56-49-30-12-10-24-42(49)43-32-33-51-52(53(43)56)44-25-11-13-31-50(44)57(51)41-23-14-22-40(35-41)48-29-16-27-46(55-48)38-20-8-5-9-21-38/h3-15,17-26,28-35H,2,16,27H2,1H3/b17-3-,39-34+. The Bertz CT molecular complexity index is 3130. The summed E-state index contributed by atoms with van der Waals surface area (Å²) < 4.78 is 4.75. The van der Waals surface area contributed by atoms with Gasteiger partial charge in [0.25, 0.3) is 0 Å². The van der Waals surface area contributed by atoms with E-state index in [9.17, 15) is 0 Å². The Morgan fingerprint density at radius 1 is 0.632 bits per heavy atom. The van der Waals surface area contributed by atoms with E-state index < -0.39 is 0 Å². The third-order valence-electron chi connectivity index (χ3n) is 11.0. The number of allylic oxidation sites excluding steroid dienone is 6. The predicted molar refractivity (Wildman–Crippen MR) is 242 cm³/mol. The molecule has 0 N–H and O–H groups in total. The molecular weight excluding hydrogens is 693 g/mol. The van der Waals surface area contributed by atoms with Crippen LogP contribution < -0.4 is 0 Å². The van der Waals surface area contributed by atoms with Gasteiger partial charge in [-0.1, -0.05) is 146 Å². The van der Waals surface area contributed by atoms with Crippen molar-refractivity contribution in [1.82, 2.24) is 14.1 Å². The molecule has 0 spiro atoms. The molecule has 0 amide bonds. The third-order valence-corrected chi connectivity index (χ3v) is 11.0. The average molecular weight is 733 g/mol. The van der Waals surface area contributed by atoms with Crippen molar-refractivity contribution in [1.29, 1.82) is 0 Å². The Morgan fingerprint density at radius 3 is 2.14 bits per heavy atom. The Kier molecular flexibility index (Phi) is 8.65. The first-order valence-corrected chi connectivity index (χ1v) is 19.6. The first-order chi connectivity index (χ1) is 28.2. The number of hydrogen-bond acceptors (Lipinski definition) is 2. The molecule has 4 heterocycles. The number of para-hydroxylation sites is 2. The molecule has 57 heavy (non-hydrogen) atoms. The number of rotatable bonds is 8. The fourth-order valence-electron chi connectivity index (χ4n) is 8.50. The summed E-state index contributed by atoms with van der Waals surface area (Å²) >= 11 is 0. The summed E-state index contributed by atoms with van der Waals surface area (Å²) in [6.45, 7) is 6.81. The molecule has 6 aromatic carbocycles. The van der Waals surface area contributed by atoms with Crippen LogP contribution in [0.1, 0.15) is 36.6 Å². The van der Waals surface area contributed by atoms with Gasteiger partial charge in [0, 0.05) is 55.3 Å². The zero-order valence-corrected chi connectivity index (χ0v) is 31.8. The van der Waals surface area contributed by atoms with Crippen molar-refractivity contribution < 1.29 is 0 Å². The van der Waals surface area contributed by atoms with Gasteiger partial charge in [-0.2, -0.15) is 0 Å². The molecule has 4 nitrogen and oxygen atoms in total. The molecule has 0 bridgehead atoms. The minimum Gasteiger partial charge on any atom is -0.309 e. The van der Waals surface area contributed by atoms with Gasteiger partial charge in [0.1, 0.15) is 0 Å². The number of pyridine rings is 1. The Hall–Kier alpha value is -7.30. The fourth-order valence-corrected chi connectivity index (χ4v) is 8.50. The molecule has 0 aliphatic carbocycles. The van der Waals surface area contributed by atoms with Gasteiger partial charge in [0.2, 0.25) is 0 Å². The number of nitrogens with zero attached hydrogens (tertiary/aromatic N) is 4. The maximum Gasteiger partial charge on any atom is 0.0710 e. The Balaban J connectivity index is 1.16. The van der Waals surface area contributed by atoms with Crippen LogP contribution in [0.25, 0.3) is 77.5 Å². The van der Waals surface area contributed by atoms with Gasteiger partial charge >= 0.3 is 0 Å². The SMILES string of the molecule is C=C(/C=C(\C=C/C)c1cccc(-c2ccccc2)n1)n1c2ccccc2c2ccc3c(c4ccccc4n3-c3cccc(C4=CCCC(c5ccccc5)=N4)c3)c21. The van der Waals surface area contributed by atoms with Crippen LogP contribution in [0.15, 0.2) is 200 Å². The van der Waals surface area contributed by atoms with Crippen LogP contribution >= 0.6 is 0 Å². The minimum atomic E-state index is 0.865. The quantitative estimate of drug-likeness (QED) is 0.143. The van der Waals surface area contributed by atoms with E-state index in [4.69, 9.17) is 16.6 Å². The molecule has 0 fully saturated rings. The summed E-state index contributed by atoms with van der Waals surface area (Å²) in [6, 6.07) is 57.9. The zero-order valence-electron chi connectivity index (χ0n) is 31.8. The lowest BCUT2D eigenvalue weighted by molar-refractivity contribution is 1.07. The van der Waals surface area contributed by atoms with Gasteiger partial charge in [0.05, 0.1) is 39.2 Å². The molecule has 1 aliphatic rings. The van der Waals surface area contributed by atoms with E-state index in [0.29, 0.717) is 0 Å². The van der Waals surface area contributed by atoms with Gasteiger partial charge in [-0.05, 0) is 73.9 Å². The molecule has 0 atom stereocenters. The largest absolute Gasteiger partial charge is 0.309 e. The molecule has 0 saturated carbocycles. The topological polar surface area (TPSA) is 35.1 Å². The summed E-state index contributed by atoms with van der Waals surface area (Å²) in [6.07, 6.45) is 10.5. The molecule has 0 unspecified atom stereocenters. The van der Waals surface area contributed by atoms with E-state index in [2.05, 4.69) is 191 Å². The lowest BCUT2D eigenvalue weighted by Crippen LogP contribution is -2.05. The van der Waals surface area contributed by atoms with Gasteiger partial charge in [-0.3, -0.25) is 4.99 Å². The van der Waals surface area contributed by atoms with Crippen molar-refractivity contribution in [2.75, 3.05) is 0 Å². The molecule has 3 aromatic heterocycles. The maximum absolute atomic E-state index is 5.19. The van der Waals surface area contributed by atoms with Crippen LogP contribution in [0.4, 0.5) is 0 Å². The monoisotopic (exact) mass is 732 g/mol. The van der Waals surface area contributed by atoms with Gasteiger partial charge in [-0.25, -0.2) is 4.98 Å². The molecule has 4 heteroatoms. The zero-order chi connectivity index (χ0) is 38.3. The summed E-state index contributed by atoms with van der Waals surface area (Å²) in [5.74, 6) is 0. The second kappa shape index (κ2) is 14.4. The molecule has 0 radical (unpaired) electrons. The Labute approximate surface area is 332 Å². The summed E-state index contributed by atoms with van der Waals surface area (Å²) in [5, 5.41) is 4.76. The highest BCUT2D eigenvalue weighted by Crippen LogP contribution is 2.42. The number of fused-ring (bicyclic) bond motifs is 7. The normalized spacial score (nSPS) is 13.5. The van der Waals surface area contributed by atoms with E-state index >= 15 is 0 Å². The molecule has 0 saturated heterocycles. The maximum atomic E-state index is 5.19. The van der Waals surface area contributed by atoms with Crippen molar-refractivity contribution in [2.45, 2.75) is 19.8 Å². The van der Waals surface area contributed by atoms with Crippen LogP contribution in [0.5, 0.6) is 0 Å². The van der Waals surface area contributed by atoms with Crippen molar-refractivity contribution in [3.63, 3.8) is 0 Å². The first-order valence-electron chi connectivity index (χ1n) is 19.6. The third kappa shape index (κ3) is 6.03. The van der Waals surface area contributed by atoms with E-state index in [-0.39, 0.29) is 0 Å². The lowest BCUT2D eigenvalue weighted by atomic mass is 10.0. The van der Waals surface area contributed by atoms with Gasteiger partial charge in [0.15, 0.2) is 0 Å². The highest BCUT2D eigenvalue weighted by Gasteiger charge is 2.21. The van der Waals surface area contributed by atoms with E-state index in [1.54, 1.807) is 0 Å². The van der Waals surface area contributed by atoms with E-state index in [1.165, 1.54) is 27.1 Å². The van der Waals surface area contributed by atoms with Crippen LogP contribution in [-0.2, 0) is 0 Å². The highest BCUT2D eigenvalue weighted by molar-refractivity contribution is 6.26. The molecule has 9 aromatic rings. The summed E-state index contributed by atoms with van der Waals surface area (Å²) in [5.41, 5.74) is 14.9. The molecule has 1 aliphatic heterocycles. The second-order valence-corrected chi connectivity index (χ2v) is 14.5. The van der Waals surface area contributed by atoms with Crippen LogP contribution in [0, 0.1) is 0 Å². The molecule has 10 rings (SSSR count). The number of hydrogen-bond donors (Lipinski definition) is 0. The van der Waals surface area contributed by atoms with Crippen molar-refractivity contribution in [2.24, 2.45) is 4.99 Å². The van der Waals surface area contributed by atoms with Crippen molar-refractivity contribution in [3.8, 4) is 16.9 Å². The highest BCUT2D eigenvalue weighted by atomic mass is 15.0. The van der Waals surface area contributed by atoms with Crippen molar-refractivity contribution >= 4 is 66.3 Å². The second-order valence-electron chi connectivity index (χ2n) is 14.5. The first kappa shape index (κ1) is 34.2. The Morgan fingerprint density at radius 2 is 1.33 bits per heavy atom. The number of aromatic nitrogens is 3. The molecular formula is C53H40N4. The average Bonchev–Trinajstić information content (AvgIpc) is 3.80. The summed E-state index contributed by atoms with van der Waals surface area (Å²) in [4.78, 5) is 10.3. The van der Waals surface area contributed by atoms with Gasteiger partial charge in [-0.15, -0.1) is 0 Å². The lowest BCUT2D eigenvalue weighted by Gasteiger charge is -2.15. The smallest absolute Gasteiger partial charge is 0.0710 e. The number of benzene rings is 6. The molecule has 272 valence electrons. The summed E-state index contributed by atoms with van der Waals surface area (Å²) in [7, 11) is 0. The van der Waals surface area contributed by atoms with Crippen LogP contribution in [0.3, 0.4) is 0 Å². The van der Waals surface area contributed by atoms with Crippen molar-refractivity contribution in [3.05, 3.63) is 211 Å². The predicted octanol–water partition coefficient (Wildman–Crippen LogP) is 13.7. The number of aliphatic imine (C=N–C) groups is 1.